The van der Waals surface area contributed by atoms with Crippen molar-refractivity contribution >= 4 is 11.5 Å². The van der Waals surface area contributed by atoms with Gasteiger partial charge in [-0.2, -0.15) is 0 Å². The Labute approximate surface area is 178 Å². The van der Waals surface area contributed by atoms with Gasteiger partial charge in [0, 0.05) is 29.9 Å². The summed E-state index contributed by atoms with van der Waals surface area (Å²) in [5.41, 5.74) is 4.27. The fraction of sp³-hybridized carbons (Fsp3) is 0.654. The van der Waals surface area contributed by atoms with Crippen LogP contribution >= 0.6 is 0 Å². The second-order valence-electron chi connectivity index (χ2n) is 9.80. The molecular weight excluding hydrogens is 354 g/mol. The number of para-hydroxylation sites is 1. The highest BCUT2D eigenvalue weighted by atomic mass is 15.3. The molecule has 0 unspecified atom stereocenters. The summed E-state index contributed by atoms with van der Waals surface area (Å²) < 4.78 is 2.65. The maximum absolute atomic E-state index is 2.65. The number of amidine groups is 1. The molecule has 3 aliphatic rings. The molecule has 1 fully saturated rings. The third kappa shape index (κ3) is 3.98. The van der Waals surface area contributed by atoms with Crippen LogP contribution in [0, 0.1) is 5.92 Å². The third-order valence-corrected chi connectivity index (χ3v) is 7.64. The van der Waals surface area contributed by atoms with E-state index in [0.717, 1.165) is 19.0 Å². The zero-order valence-corrected chi connectivity index (χ0v) is 19.1. The molecule has 1 saturated carbocycles. The minimum Gasteiger partial charge on any atom is -0.347 e. The van der Waals surface area contributed by atoms with Crippen LogP contribution in [0.5, 0.6) is 0 Å². The van der Waals surface area contributed by atoms with Crippen molar-refractivity contribution in [3.8, 4) is 0 Å². The van der Waals surface area contributed by atoms with Crippen LogP contribution in [0.25, 0.3) is 0 Å². The Hall–Kier alpha value is -1.77. The number of nitrogens with zero attached hydrogens (tertiary/aromatic N) is 3. The van der Waals surface area contributed by atoms with Gasteiger partial charge in [-0.05, 0) is 37.3 Å². The van der Waals surface area contributed by atoms with E-state index in [4.69, 9.17) is 0 Å². The molecule has 3 nitrogen and oxygen atoms in total. The van der Waals surface area contributed by atoms with Gasteiger partial charge in [0.1, 0.15) is 13.1 Å². The third-order valence-electron chi connectivity index (χ3n) is 7.64. The highest BCUT2D eigenvalue weighted by Gasteiger charge is 2.40. The van der Waals surface area contributed by atoms with Crippen molar-refractivity contribution in [1.82, 2.24) is 4.90 Å². The van der Waals surface area contributed by atoms with Gasteiger partial charge in [0.25, 0.3) is 5.84 Å². The molecule has 1 aromatic rings. The van der Waals surface area contributed by atoms with Gasteiger partial charge in [0.15, 0.2) is 0 Å². The first-order valence-electron chi connectivity index (χ1n) is 11.9. The van der Waals surface area contributed by atoms with Crippen molar-refractivity contribution in [1.29, 1.82) is 0 Å². The first-order chi connectivity index (χ1) is 14.0. The van der Waals surface area contributed by atoms with Crippen molar-refractivity contribution in [2.75, 3.05) is 38.1 Å². The molecule has 0 radical (unpaired) electrons. The van der Waals surface area contributed by atoms with Crippen LogP contribution in [-0.4, -0.2) is 48.5 Å². The molecular formula is C26H40N3+. The highest BCUT2D eigenvalue weighted by molar-refractivity contribution is 5.92. The molecule has 158 valence electrons. The minimum atomic E-state index is 0.0501. The molecule has 1 aromatic carbocycles. The molecule has 0 bridgehead atoms. The SMILES string of the molecule is CCN1CC[N+](CCCCC2CCCC2)=C1/C=C1/N(C)c2ccccc2C1(C)C. The quantitative estimate of drug-likeness (QED) is 0.452. The minimum absolute atomic E-state index is 0.0501. The zero-order chi connectivity index (χ0) is 20.4. The van der Waals surface area contributed by atoms with E-state index in [-0.39, 0.29) is 5.41 Å². The Morgan fingerprint density at radius 2 is 1.90 bits per heavy atom. The lowest BCUT2D eigenvalue weighted by Gasteiger charge is -2.24. The van der Waals surface area contributed by atoms with Crippen LogP contribution in [0.15, 0.2) is 36.0 Å². The van der Waals surface area contributed by atoms with E-state index in [1.807, 2.05) is 0 Å². The van der Waals surface area contributed by atoms with Gasteiger partial charge in [-0.25, -0.2) is 0 Å². The number of hydrogen-bond acceptors (Lipinski definition) is 2. The number of benzene rings is 1. The van der Waals surface area contributed by atoms with Gasteiger partial charge in [-0.3, -0.25) is 9.48 Å². The van der Waals surface area contributed by atoms with Gasteiger partial charge >= 0.3 is 0 Å². The second-order valence-corrected chi connectivity index (χ2v) is 9.80. The van der Waals surface area contributed by atoms with Crippen LogP contribution in [0.2, 0.25) is 0 Å². The van der Waals surface area contributed by atoms with E-state index in [0.29, 0.717) is 0 Å². The fourth-order valence-corrected chi connectivity index (χ4v) is 5.82. The summed E-state index contributed by atoms with van der Waals surface area (Å²) >= 11 is 0. The van der Waals surface area contributed by atoms with Gasteiger partial charge in [0.05, 0.1) is 13.1 Å². The Bertz CT molecular complexity index is 783. The van der Waals surface area contributed by atoms with Gasteiger partial charge < -0.3 is 4.90 Å². The molecule has 0 aromatic heterocycles. The predicted octanol–water partition coefficient (Wildman–Crippen LogP) is 5.40. The lowest BCUT2D eigenvalue weighted by molar-refractivity contribution is -0.518. The van der Waals surface area contributed by atoms with Gasteiger partial charge in [-0.1, -0.05) is 64.2 Å². The molecule has 3 heteroatoms. The van der Waals surface area contributed by atoms with E-state index in [1.165, 1.54) is 80.8 Å². The molecule has 2 aliphatic heterocycles. The van der Waals surface area contributed by atoms with E-state index in [9.17, 15) is 0 Å². The Morgan fingerprint density at radius 3 is 2.62 bits per heavy atom. The molecule has 29 heavy (non-hydrogen) atoms. The lowest BCUT2D eigenvalue weighted by atomic mass is 9.83. The van der Waals surface area contributed by atoms with E-state index in [2.05, 4.69) is 72.5 Å². The first kappa shape index (κ1) is 20.5. The van der Waals surface area contributed by atoms with Crippen molar-refractivity contribution in [2.24, 2.45) is 5.92 Å². The average Bonchev–Trinajstić information content (AvgIpc) is 3.41. The number of allylic oxidation sites excluding steroid dienone is 1. The lowest BCUT2D eigenvalue weighted by Crippen LogP contribution is -2.31. The van der Waals surface area contributed by atoms with Crippen molar-refractivity contribution < 1.29 is 4.58 Å². The van der Waals surface area contributed by atoms with Crippen LogP contribution in [0.4, 0.5) is 5.69 Å². The Morgan fingerprint density at radius 1 is 1.14 bits per heavy atom. The Kier molecular flexibility index (Phi) is 6.03. The second kappa shape index (κ2) is 8.53. The maximum atomic E-state index is 2.65. The maximum Gasteiger partial charge on any atom is 0.273 e. The van der Waals surface area contributed by atoms with Crippen LogP contribution in [0.3, 0.4) is 0 Å². The topological polar surface area (TPSA) is 9.49 Å². The molecule has 0 amide bonds. The number of hydrogen-bond donors (Lipinski definition) is 0. The van der Waals surface area contributed by atoms with E-state index < -0.39 is 0 Å². The standard InChI is InChI=1S/C26H40N3/c1-5-28-18-19-29(17-11-10-14-21-12-6-7-13-21)25(28)20-24-26(2,3)22-15-8-9-16-23(22)27(24)4/h8-9,15-16,20-21H,5-7,10-14,17-19H2,1-4H3/q+1. The average molecular weight is 395 g/mol. The number of fused-ring (bicyclic) bond motifs is 1. The molecule has 1 aliphatic carbocycles. The zero-order valence-electron chi connectivity index (χ0n) is 19.1. The van der Waals surface area contributed by atoms with Crippen molar-refractivity contribution in [3.05, 3.63) is 41.6 Å². The molecule has 0 spiro atoms. The van der Waals surface area contributed by atoms with Crippen LogP contribution in [0.1, 0.15) is 71.3 Å². The number of likely N-dealkylation sites (N-methyl/N-ethyl adjacent to an activating group) is 2. The summed E-state index contributed by atoms with van der Waals surface area (Å²) in [6.45, 7) is 11.7. The summed E-state index contributed by atoms with van der Waals surface area (Å²) in [6, 6.07) is 8.89. The van der Waals surface area contributed by atoms with Gasteiger partial charge in [0.2, 0.25) is 0 Å². The first-order valence-corrected chi connectivity index (χ1v) is 11.9. The molecule has 4 rings (SSSR count). The van der Waals surface area contributed by atoms with Crippen LogP contribution < -0.4 is 4.90 Å². The summed E-state index contributed by atoms with van der Waals surface area (Å²) in [4.78, 5) is 4.98. The smallest absolute Gasteiger partial charge is 0.273 e. The molecule has 0 N–H and O–H groups in total. The monoisotopic (exact) mass is 394 g/mol. The summed E-state index contributed by atoms with van der Waals surface area (Å²) in [5, 5.41) is 0. The molecule has 2 heterocycles. The van der Waals surface area contributed by atoms with Crippen molar-refractivity contribution in [3.63, 3.8) is 0 Å². The van der Waals surface area contributed by atoms with E-state index >= 15 is 0 Å². The van der Waals surface area contributed by atoms with Crippen molar-refractivity contribution in [2.45, 2.75) is 71.1 Å². The Balaban J connectivity index is 1.52. The largest absolute Gasteiger partial charge is 0.347 e. The summed E-state index contributed by atoms with van der Waals surface area (Å²) in [5.74, 6) is 2.47. The predicted molar refractivity (Wildman–Crippen MR) is 124 cm³/mol. The number of unbranched alkanes of at least 4 members (excludes halogenated alkanes) is 1. The number of rotatable bonds is 7. The fourth-order valence-electron chi connectivity index (χ4n) is 5.82. The molecule has 0 saturated heterocycles. The van der Waals surface area contributed by atoms with Gasteiger partial charge in [-0.15, -0.1) is 0 Å². The highest BCUT2D eigenvalue weighted by Crippen LogP contribution is 2.46. The molecule has 0 atom stereocenters. The van der Waals surface area contributed by atoms with Crippen LogP contribution in [-0.2, 0) is 5.41 Å². The number of anilines is 1. The van der Waals surface area contributed by atoms with E-state index in [1.54, 1.807) is 0 Å². The summed E-state index contributed by atoms with van der Waals surface area (Å²) in [7, 11) is 2.23. The summed E-state index contributed by atoms with van der Waals surface area (Å²) in [6.07, 6.45) is 12.6. The normalized spacial score (nSPS) is 23.0.